The molecule has 21 heavy (non-hydrogen) atoms. The fraction of sp³-hybridized carbons (Fsp3) is 0.684. The highest BCUT2D eigenvalue weighted by Crippen LogP contribution is 2.49. The predicted molar refractivity (Wildman–Crippen MR) is 87.8 cm³/mol. The lowest BCUT2D eigenvalue weighted by atomic mass is 9.69. The summed E-state index contributed by atoms with van der Waals surface area (Å²) >= 11 is 0. The second-order valence-electron chi connectivity index (χ2n) is 6.87. The van der Waals surface area contributed by atoms with Crippen LogP contribution in [-0.4, -0.2) is 12.1 Å². The average Bonchev–Trinajstić information content (AvgIpc) is 2.49. The smallest absolute Gasteiger partial charge is 0.124 e. The van der Waals surface area contributed by atoms with Crippen molar-refractivity contribution in [1.29, 1.82) is 0 Å². The first-order valence-corrected chi connectivity index (χ1v) is 8.71. The molecule has 1 heterocycles. The molecule has 3 atom stereocenters. The second-order valence-corrected chi connectivity index (χ2v) is 6.87. The SMILES string of the molecule is CCNC1CC2(CCCCC2CC)Oc2ccc(C)cc21. The van der Waals surface area contributed by atoms with E-state index in [0.29, 0.717) is 12.0 Å². The second kappa shape index (κ2) is 6.00. The molecule has 1 spiro atoms. The van der Waals surface area contributed by atoms with Crippen LogP contribution < -0.4 is 10.1 Å². The molecule has 3 unspecified atom stereocenters. The number of ether oxygens (including phenoxy) is 1. The number of rotatable bonds is 3. The van der Waals surface area contributed by atoms with E-state index in [0.717, 1.165) is 18.7 Å². The molecule has 1 aliphatic heterocycles. The Morgan fingerprint density at radius 2 is 2.14 bits per heavy atom. The van der Waals surface area contributed by atoms with Crippen molar-refractivity contribution in [3.05, 3.63) is 29.3 Å². The van der Waals surface area contributed by atoms with Crippen molar-refractivity contribution in [1.82, 2.24) is 5.32 Å². The largest absolute Gasteiger partial charge is 0.487 e. The zero-order valence-electron chi connectivity index (χ0n) is 13.7. The van der Waals surface area contributed by atoms with Gasteiger partial charge in [0.2, 0.25) is 0 Å². The highest BCUT2D eigenvalue weighted by molar-refractivity contribution is 5.42. The van der Waals surface area contributed by atoms with Crippen molar-refractivity contribution in [2.75, 3.05) is 6.54 Å². The van der Waals surface area contributed by atoms with Gasteiger partial charge in [-0.1, -0.05) is 38.0 Å². The molecule has 1 N–H and O–H groups in total. The molecule has 1 aromatic rings. The summed E-state index contributed by atoms with van der Waals surface area (Å²) in [5, 5.41) is 3.70. The molecule has 2 nitrogen and oxygen atoms in total. The summed E-state index contributed by atoms with van der Waals surface area (Å²) in [6.07, 6.45) is 7.61. The third-order valence-corrected chi connectivity index (χ3v) is 5.49. The van der Waals surface area contributed by atoms with Crippen LogP contribution in [0.25, 0.3) is 0 Å². The van der Waals surface area contributed by atoms with E-state index in [1.54, 1.807) is 0 Å². The van der Waals surface area contributed by atoms with Crippen molar-refractivity contribution in [2.24, 2.45) is 5.92 Å². The topological polar surface area (TPSA) is 21.3 Å². The van der Waals surface area contributed by atoms with Crippen LogP contribution in [0.4, 0.5) is 0 Å². The molecule has 1 fully saturated rings. The van der Waals surface area contributed by atoms with Crippen LogP contribution in [0.1, 0.15) is 69.5 Å². The summed E-state index contributed by atoms with van der Waals surface area (Å²) < 4.78 is 6.66. The molecule has 1 aromatic carbocycles. The summed E-state index contributed by atoms with van der Waals surface area (Å²) in [6.45, 7) is 7.72. The van der Waals surface area contributed by atoms with Gasteiger partial charge >= 0.3 is 0 Å². The number of fused-ring (bicyclic) bond motifs is 1. The molecule has 0 saturated heterocycles. The van der Waals surface area contributed by atoms with Crippen molar-refractivity contribution in [3.8, 4) is 5.75 Å². The highest BCUT2D eigenvalue weighted by Gasteiger charge is 2.46. The lowest BCUT2D eigenvalue weighted by molar-refractivity contribution is -0.0523. The van der Waals surface area contributed by atoms with Crippen LogP contribution in [0.5, 0.6) is 5.75 Å². The molecule has 1 saturated carbocycles. The summed E-state index contributed by atoms with van der Waals surface area (Å²) in [5.41, 5.74) is 2.76. The van der Waals surface area contributed by atoms with Gasteiger partial charge in [0.15, 0.2) is 0 Å². The van der Waals surface area contributed by atoms with Gasteiger partial charge in [-0.2, -0.15) is 0 Å². The molecule has 3 rings (SSSR count). The van der Waals surface area contributed by atoms with E-state index in [4.69, 9.17) is 4.74 Å². The first-order chi connectivity index (χ1) is 10.2. The first kappa shape index (κ1) is 14.9. The van der Waals surface area contributed by atoms with Crippen molar-refractivity contribution >= 4 is 0 Å². The van der Waals surface area contributed by atoms with Crippen LogP contribution in [0.3, 0.4) is 0 Å². The number of aryl methyl sites for hydroxylation is 1. The van der Waals surface area contributed by atoms with Crippen LogP contribution >= 0.6 is 0 Å². The molecule has 1 aliphatic carbocycles. The van der Waals surface area contributed by atoms with Gasteiger partial charge < -0.3 is 10.1 Å². The zero-order chi connectivity index (χ0) is 14.9. The number of nitrogens with one attached hydrogen (secondary N) is 1. The maximum absolute atomic E-state index is 6.66. The summed E-state index contributed by atoms with van der Waals surface area (Å²) in [7, 11) is 0. The minimum atomic E-state index is 0.0715. The molecular formula is C19H29NO. The Hall–Kier alpha value is -1.02. The molecule has 0 bridgehead atoms. The van der Waals surface area contributed by atoms with Crippen LogP contribution in [-0.2, 0) is 0 Å². The predicted octanol–water partition coefficient (Wildman–Crippen LogP) is 4.77. The Morgan fingerprint density at radius 3 is 2.90 bits per heavy atom. The number of hydrogen-bond acceptors (Lipinski definition) is 2. The van der Waals surface area contributed by atoms with E-state index in [1.165, 1.54) is 43.2 Å². The van der Waals surface area contributed by atoms with Gasteiger partial charge in [-0.15, -0.1) is 0 Å². The fourth-order valence-electron chi connectivity index (χ4n) is 4.44. The third-order valence-electron chi connectivity index (χ3n) is 5.49. The fourth-order valence-corrected chi connectivity index (χ4v) is 4.44. The quantitative estimate of drug-likeness (QED) is 0.865. The summed E-state index contributed by atoms with van der Waals surface area (Å²) in [5.74, 6) is 1.83. The molecular weight excluding hydrogens is 258 g/mol. The van der Waals surface area contributed by atoms with E-state index in [9.17, 15) is 0 Å². The molecule has 0 aromatic heterocycles. The normalized spacial score (nSPS) is 31.8. The maximum Gasteiger partial charge on any atom is 0.124 e. The van der Waals surface area contributed by atoms with Crippen molar-refractivity contribution in [2.45, 2.75) is 70.9 Å². The van der Waals surface area contributed by atoms with Gasteiger partial charge in [0.05, 0.1) is 0 Å². The number of benzene rings is 1. The Kier molecular flexibility index (Phi) is 4.26. The Bertz CT molecular complexity index is 498. The lowest BCUT2D eigenvalue weighted by Crippen LogP contribution is -2.51. The Morgan fingerprint density at radius 1 is 1.29 bits per heavy atom. The van der Waals surface area contributed by atoms with E-state index in [-0.39, 0.29) is 5.60 Å². The monoisotopic (exact) mass is 287 g/mol. The Balaban J connectivity index is 1.98. The van der Waals surface area contributed by atoms with E-state index in [1.807, 2.05) is 0 Å². The van der Waals surface area contributed by atoms with E-state index >= 15 is 0 Å². The van der Waals surface area contributed by atoms with Gasteiger partial charge in [-0.25, -0.2) is 0 Å². The van der Waals surface area contributed by atoms with Gasteiger partial charge in [0, 0.05) is 18.0 Å². The highest BCUT2D eigenvalue weighted by atomic mass is 16.5. The molecule has 2 aliphatic rings. The lowest BCUT2D eigenvalue weighted by Gasteiger charge is -2.49. The van der Waals surface area contributed by atoms with Crippen molar-refractivity contribution in [3.63, 3.8) is 0 Å². The van der Waals surface area contributed by atoms with Crippen LogP contribution in [0, 0.1) is 12.8 Å². The zero-order valence-corrected chi connectivity index (χ0v) is 13.7. The standard InChI is InChI=1S/C19H29NO/c1-4-15-8-6-7-11-19(15)13-17(20-5-2)16-12-14(3)9-10-18(16)21-19/h9-10,12,15,17,20H,4-8,11,13H2,1-3H3. The third kappa shape index (κ3) is 2.70. The van der Waals surface area contributed by atoms with Gasteiger partial charge in [-0.05, 0) is 51.1 Å². The van der Waals surface area contributed by atoms with Gasteiger partial charge in [0.25, 0.3) is 0 Å². The molecule has 0 amide bonds. The minimum absolute atomic E-state index is 0.0715. The first-order valence-electron chi connectivity index (χ1n) is 8.71. The van der Waals surface area contributed by atoms with Gasteiger partial charge in [-0.3, -0.25) is 0 Å². The maximum atomic E-state index is 6.66. The van der Waals surface area contributed by atoms with Gasteiger partial charge in [0.1, 0.15) is 11.4 Å². The molecule has 116 valence electrons. The van der Waals surface area contributed by atoms with Crippen LogP contribution in [0.15, 0.2) is 18.2 Å². The number of hydrogen-bond donors (Lipinski definition) is 1. The summed E-state index contributed by atoms with van der Waals surface area (Å²) in [6, 6.07) is 7.13. The molecule has 0 radical (unpaired) electrons. The van der Waals surface area contributed by atoms with E-state index in [2.05, 4.69) is 44.3 Å². The average molecular weight is 287 g/mol. The minimum Gasteiger partial charge on any atom is -0.487 e. The molecule has 2 heteroatoms. The Labute approximate surface area is 129 Å². The van der Waals surface area contributed by atoms with Crippen molar-refractivity contribution < 1.29 is 4.74 Å². The van der Waals surface area contributed by atoms with Crippen LogP contribution in [0.2, 0.25) is 0 Å². The van der Waals surface area contributed by atoms with E-state index < -0.39 is 0 Å². The summed E-state index contributed by atoms with van der Waals surface area (Å²) in [4.78, 5) is 0.